The van der Waals surface area contributed by atoms with Crippen molar-refractivity contribution in [3.8, 4) is 0 Å². The molecule has 5 aliphatic carbocycles. The second kappa shape index (κ2) is 9.86. The zero-order chi connectivity index (χ0) is 34.5. The van der Waals surface area contributed by atoms with Crippen molar-refractivity contribution in [1.29, 1.82) is 0 Å². The highest BCUT2D eigenvalue weighted by molar-refractivity contribution is 5.89. The van der Waals surface area contributed by atoms with Gasteiger partial charge in [-0.15, -0.1) is 0 Å². The quantitative estimate of drug-likeness (QED) is 0.219. The molecule has 0 bridgehead atoms. The Morgan fingerprint density at radius 1 is 0.851 bits per heavy atom. The highest BCUT2D eigenvalue weighted by Crippen LogP contribution is 2.75. The number of hydrogen-bond acceptors (Lipinski definition) is 13. The van der Waals surface area contributed by atoms with Gasteiger partial charge in [0, 0.05) is 61.2 Å². The van der Waals surface area contributed by atoms with Gasteiger partial charge in [-0.05, 0) is 38.2 Å². The van der Waals surface area contributed by atoms with Crippen molar-refractivity contribution in [3.05, 3.63) is 11.8 Å². The Labute approximate surface area is 272 Å². The molecule has 0 aromatic rings. The summed E-state index contributed by atoms with van der Waals surface area (Å²) < 4.78 is 29.7. The number of carbonyl (C=O) groups is 5. The number of allylic oxidation sites excluding steroid dienone is 1. The van der Waals surface area contributed by atoms with Crippen LogP contribution in [0.3, 0.4) is 0 Å². The Hall–Kier alpha value is -2.87. The number of Topliss-reactive ketones (excluding diaryl/α,β-unsaturated/α-hetero) is 1. The van der Waals surface area contributed by atoms with Gasteiger partial charge in [-0.1, -0.05) is 20.8 Å². The lowest BCUT2D eigenvalue weighted by Crippen LogP contribution is -2.74. The third-order valence-electron chi connectivity index (χ3n) is 13.8. The monoisotopic (exact) mass is 660 g/mol. The maximum absolute atomic E-state index is 14.7. The molecule has 0 aromatic carbocycles. The molecule has 2 aliphatic heterocycles. The first-order valence-corrected chi connectivity index (χ1v) is 16.5. The van der Waals surface area contributed by atoms with Crippen LogP contribution >= 0.6 is 0 Å². The second-order valence-electron chi connectivity index (χ2n) is 15.9. The molecule has 7 rings (SSSR count). The molecular formula is C34H44O13. The van der Waals surface area contributed by atoms with Crippen LogP contribution in [0.2, 0.25) is 0 Å². The lowest BCUT2D eigenvalue weighted by atomic mass is 9.41. The largest absolute Gasteiger partial charge is 0.459 e. The van der Waals surface area contributed by atoms with Crippen LogP contribution in [0.15, 0.2) is 11.8 Å². The molecular weight excluding hydrogens is 616 g/mol. The molecule has 2 saturated heterocycles. The van der Waals surface area contributed by atoms with Crippen LogP contribution in [0.25, 0.3) is 0 Å². The van der Waals surface area contributed by atoms with Crippen molar-refractivity contribution in [2.24, 2.45) is 57.7 Å². The fourth-order valence-corrected chi connectivity index (χ4v) is 11.9. The molecule has 2 heterocycles. The van der Waals surface area contributed by atoms with Crippen molar-refractivity contribution < 1.29 is 63.0 Å². The maximum atomic E-state index is 14.7. The predicted octanol–water partition coefficient (Wildman–Crippen LogP) is 0.842. The summed E-state index contributed by atoms with van der Waals surface area (Å²) in [5, 5.41) is 36.2. The molecule has 258 valence electrons. The van der Waals surface area contributed by atoms with E-state index in [2.05, 4.69) is 0 Å². The predicted molar refractivity (Wildman–Crippen MR) is 156 cm³/mol. The van der Waals surface area contributed by atoms with E-state index in [1.165, 1.54) is 27.7 Å². The summed E-state index contributed by atoms with van der Waals surface area (Å²) in [6.45, 7) is 12.1. The summed E-state index contributed by atoms with van der Waals surface area (Å²) in [5.41, 5.74) is -6.05. The number of fused-ring (bicyclic) bond motifs is 10. The average molecular weight is 661 g/mol. The van der Waals surface area contributed by atoms with Gasteiger partial charge in [-0.2, -0.15) is 0 Å². The number of aliphatic hydroxyl groups excluding tert-OH is 2. The van der Waals surface area contributed by atoms with Crippen molar-refractivity contribution in [3.63, 3.8) is 0 Å². The number of carbonyl (C=O) groups excluding carboxylic acids is 5. The fraction of sp³-hybridized carbons (Fsp3) is 0.794. The second-order valence-corrected chi connectivity index (χ2v) is 15.9. The van der Waals surface area contributed by atoms with Gasteiger partial charge in [-0.25, -0.2) is 4.79 Å². The number of ketones is 1. The van der Waals surface area contributed by atoms with E-state index in [-0.39, 0.29) is 18.3 Å². The highest BCUT2D eigenvalue weighted by Gasteiger charge is 2.83. The smallest absolute Gasteiger partial charge is 0.343 e. The molecule has 18 unspecified atom stereocenters. The number of esters is 4. The summed E-state index contributed by atoms with van der Waals surface area (Å²) in [5.74, 6) is -9.17. The third kappa shape index (κ3) is 3.82. The molecule has 4 saturated carbocycles. The fourth-order valence-electron chi connectivity index (χ4n) is 11.9. The van der Waals surface area contributed by atoms with Gasteiger partial charge >= 0.3 is 23.9 Å². The van der Waals surface area contributed by atoms with E-state index in [1.807, 2.05) is 6.92 Å². The van der Waals surface area contributed by atoms with Gasteiger partial charge < -0.3 is 39.0 Å². The lowest BCUT2D eigenvalue weighted by Gasteiger charge is -2.64. The Balaban J connectivity index is 1.49. The van der Waals surface area contributed by atoms with Gasteiger partial charge in [0.15, 0.2) is 11.4 Å². The first kappa shape index (κ1) is 32.7. The molecule has 6 fully saturated rings. The van der Waals surface area contributed by atoms with Crippen molar-refractivity contribution in [2.75, 3.05) is 0 Å². The van der Waals surface area contributed by atoms with Gasteiger partial charge in [0.1, 0.15) is 36.3 Å². The summed E-state index contributed by atoms with van der Waals surface area (Å²) in [4.78, 5) is 66.2. The van der Waals surface area contributed by atoms with E-state index < -0.39 is 130 Å². The van der Waals surface area contributed by atoms with E-state index in [0.717, 1.165) is 0 Å². The minimum Gasteiger partial charge on any atom is -0.459 e. The SMILES string of the molecule is CC(=O)OC1C(OC(C)=O)C2(C)C(C(O)C3C2C(C)C=C2OC(=O)C(C)(O)C23C)C2C(=O)C(O)C3CC4OC4C(OC(C)=O)C3(C)C12. The van der Waals surface area contributed by atoms with Crippen molar-refractivity contribution in [2.45, 2.75) is 110 Å². The zero-order valence-electron chi connectivity index (χ0n) is 27.8. The van der Waals surface area contributed by atoms with Crippen LogP contribution in [0.1, 0.15) is 61.8 Å². The van der Waals surface area contributed by atoms with Crippen LogP contribution in [0.4, 0.5) is 0 Å². The molecule has 7 aliphatic rings. The van der Waals surface area contributed by atoms with Crippen LogP contribution in [0, 0.1) is 57.7 Å². The summed E-state index contributed by atoms with van der Waals surface area (Å²) in [6.07, 6.45) is -5.23. The van der Waals surface area contributed by atoms with E-state index in [0.29, 0.717) is 0 Å². The Kier molecular flexibility index (Phi) is 6.85. The molecule has 0 amide bonds. The molecule has 0 aromatic heterocycles. The summed E-state index contributed by atoms with van der Waals surface area (Å²) in [7, 11) is 0. The van der Waals surface area contributed by atoms with Gasteiger partial charge in [0.2, 0.25) is 0 Å². The number of rotatable bonds is 3. The minimum atomic E-state index is -2.06. The van der Waals surface area contributed by atoms with Crippen LogP contribution < -0.4 is 0 Å². The summed E-state index contributed by atoms with van der Waals surface area (Å²) in [6, 6.07) is 0. The zero-order valence-corrected chi connectivity index (χ0v) is 27.8. The molecule has 0 spiro atoms. The Morgan fingerprint density at radius 3 is 2.04 bits per heavy atom. The van der Waals surface area contributed by atoms with Crippen LogP contribution in [0.5, 0.6) is 0 Å². The lowest BCUT2D eigenvalue weighted by molar-refractivity contribution is -0.266. The Bertz CT molecular complexity index is 1500. The first-order chi connectivity index (χ1) is 21.7. The highest BCUT2D eigenvalue weighted by atomic mass is 16.6. The van der Waals surface area contributed by atoms with Crippen LogP contribution in [-0.2, 0) is 47.7 Å². The number of hydrogen-bond donors (Lipinski definition) is 3. The van der Waals surface area contributed by atoms with E-state index in [1.54, 1.807) is 26.8 Å². The number of ether oxygens (including phenoxy) is 5. The van der Waals surface area contributed by atoms with E-state index in [9.17, 15) is 39.3 Å². The normalized spacial score (nSPS) is 55.1. The van der Waals surface area contributed by atoms with Crippen molar-refractivity contribution in [1.82, 2.24) is 0 Å². The topological polar surface area (TPSA) is 195 Å². The molecule has 18 atom stereocenters. The third-order valence-corrected chi connectivity index (χ3v) is 13.8. The maximum Gasteiger partial charge on any atom is 0.343 e. The standard InChI is InChI=1S/C34H44O13/c1-11-9-17-33(7,34(8,42)30(41)47-17)22-19(11)32(6)20(25(22)40)18-21(27(43-12(2)35)29(32)45-14(4)37)31(5)15(23(38)24(18)39)10-16-26(46-16)28(31)44-13(3)36/h9,11,15-16,18-23,25-29,38,40,42H,10H2,1-8H3. The molecule has 0 radical (unpaired) electrons. The number of epoxide rings is 1. The molecule has 3 N–H and O–H groups in total. The molecule has 47 heavy (non-hydrogen) atoms. The van der Waals surface area contributed by atoms with E-state index >= 15 is 0 Å². The van der Waals surface area contributed by atoms with Gasteiger partial charge in [-0.3, -0.25) is 19.2 Å². The first-order valence-electron chi connectivity index (χ1n) is 16.5. The molecule has 13 nitrogen and oxygen atoms in total. The van der Waals surface area contributed by atoms with E-state index in [4.69, 9.17) is 23.7 Å². The molecule has 13 heteroatoms. The minimum absolute atomic E-state index is 0.209. The Morgan fingerprint density at radius 2 is 1.45 bits per heavy atom. The number of aliphatic hydroxyl groups is 3. The summed E-state index contributed by atoms with van der Waals surface area (Å²) >= 11 is 0. The van der Waals surface area contributed by atoms with Gasteiger partial charge in [0.05, 0.1) is 17.6 Å². The average Bonchev–Trinajstić information content (AvgIpc) is 3.65. The van der Waals surface area contributed by atoms with Crippen LogP contribution in [-0.4, -0.2) is 93.3 Å². The van der Waals surface area contributed by atoms with Crippen molar-refractivity contribution >= 4 is 29.7 Å². The van der Waals surface area contributed by atoms with Gasteiger partial charge in [0.25, 0.3) is 0 Å².